The molecule has 1 heterocycles. The molecule has 1 atom stereocenters. The predicted octanol–water partition coefficient (Wildman–Crippen LogP) is 1.91. The Labute approximate surface area is 104 Å². The molecular formula is C12H25NO2S. The van der Waals surface area contributed by atoms with E-state index in [0.29, 0.717) is 6.61 Å². The highest BCUT2D eigenvalue weighted by atomic mass is 32.2. The Balaban J connectivity index is 1.77. The molecule has 1 saturated heterocycles. The lowest BCUT2D eigenvalue weighted by atomic mass is 10.2. The number of unbranched alkanes of at least 4 members (excludes halogenated alkanes) is 1. The van der Waals surface area contributed by atoms with E-state index < -0.39 is 0 Å². The second-order valence-corrected chi connectivity index (χ2v) is 5.33. The summed E-state index contributed by atoms with van der Waals surface area (Å²) in [6.45, 7) is 3.43. The summed E-state index contributed by atoms with van der Waals surface area (Å²) in [6.07, 6.45) is 5.10. The lowest BCUT2D eigenvalue weighted by Gasteiger charge is -2.22. The van der Waals surface area contributed by atoms with E-state index >= 15 is 0 Å². The molecule has 1 aliphatic rings. The average molecular weight is 247 g/mol. The van der Waals surface area contributed by atoms with Crippen LogP contribution in [0.5, 0.6) is 0 Å². The zero-order chi connectivity index (χ0) is 11.5. The maximum Gasteiger partial charge on any atom is 0.0700 e. The summed E-state index contributed by atoms with van der Waals surface area (Å²) < 4.78 is 10.3. The predicted molar refractivity (Wildman–Crippen MR) is 70.3 cm³/mol. The lowest BCUT2D eigenvalue weighted by Crippen LogP contribution is -2.34. The van der Waals surface area contributed by atoms with Crippen LogP contribution in [0.15, 0.2) is 0 Å². The van der Waals surface area contributed by atoms with Crippen LogP contribution < -0.4 is 5.32 Å². The Morgan fingerprint density at radius 3 is 2.94 bits per heavy atom. The molecule has 1 rings (SSSR count). The van der Waals surface area contributed by atoms with Crippen LogP contribution in [0.3, 0.4) is 0 Å². The highest BCUT2D eigenvalue weighted by Crippen LogP contribution is 2.16. The first-order chi connectivity index (χ1) is 7.93. The molecule has 1 aliphatic heterocycles. The maximum absolute atomic E-state index is 5.41. The minimum Gasteiger partial charge on any atom is -0.382 e. The molecule has 16 heavy (non-hydrogen) atoms. The molecule has 4 heteroatoms. The quantitative estimate of drug-likeness (QED) is 0.631. The lowest BCUT2D eigenvalue weighted by molar-refractivity contribution is 0.0687. The van der Waals surface area contributed by atoms with Crippen molar-refractivity contribution >= 4 is 11.8 Å². The van der Waals surface area contributed by atoms with Crippen LogP contribution in [0.4, 0.5) is 0 Å². The number of rotatable bonds is 9. The van der Waals surface area contributed by atoms with Gasteiger partial charge in [0, 0.05) is 25.5 Å². The highest BCUT2D eigenvalue weighted by molar-refractivity contribution is 7.99. The third-order valence-electron chi connectivity index (χ3n) is 2.74. The van der Waals surface area contributed by atoms with Crippen molar-refractivity contribution in [1.29, 1.82) is 0 Å². The van der Waals surface area contributed by atoms with Crippen LogP contribution in [0, 0.1) is 0 Å². The number of thioether (sulfide) groups is 1. The normalized spacial score (nSPS) is 21.2. The largest absolute Gasteiger partial charge is 0.382 e. The second kappa shape index (κ2) is 10.4. The van der Waals surface area contributed by atoms with Crippen molar-refractivity contribution in [3.8, 4) is 0 Å². The summed E-state index contributed by atoms with van der Waals surface area (Å²) in [5.41, 5.74) is 0. The van der Waals surface area contributed by atoms with Crippen molar-refractivity contribution in [1.82, 2.24) is 5.32 Å². The van der Waals surface area contributed by atoms with Crippen LogP contribution in [-0.4, -0.2) is 51.0 Å². The van der Waals surface area contributed by atoms with E-state index in [1.807, 2.05) is 0 Å². The number of hydrogen-bond acceptors (Lipinski definition) is 4. The van der Waals surface area contributed by atoms with E-state index in [1.54, 1.807) is 7.11 Å². The molecule has 0 spiro atoms. The van der Waals surface area contributed by atoms with Gasteiger partial charge in [-0.1, -0.05) is 0 Å². The fraction of sp³-hybridized carbons (Fsp3) is 1.00. The summed E-state index contributed by atoms with van der Waals surface area (Å²) in [7, 11) is 1.70. The Hall–Kier alpha value is 0.230. The molecule has 0 radical (unpaired) electrons. The fourth-order valence-corrected chi connectivity index (χ4v) is 2.89. The monoisotopic (exact) mass is 247 g/mol. The molecule has 0 aromatic rings. The van der Waals surface area contributed by atoms with E-state index in [-0.39, 0.29) is 0 Å². The zero-order valence-electron chi connectivity index (χ0n) is 10.4. The van der Waals surface area contributed by atoms with Gasteiger partial charge < -0.3 is 14.8 Å². The summed E-state index contributed by atoms with van der Waals surface area (Å²) in [5.74, 6) is 2.65. The highest BCUT2D eigenvalue weighted by Gasteiger charge is 2.11. The summed E-state index contributed by atoms with van der Waals surface area (Å²) >= 11 is 2.08. The van der Waals surface area contributed by atoms with Crippen molar-refractivity contribution in [2.45, 2.75) is 31.7 Å². The van der Waals surface area contributed by atoms with Crippen molar-refractivity contribution in [2.24, 2.45) is 0 Å². The van der Waals surface area contributed by atoms with Gasteiger partial charge >= 0.3 is 0 Å². The second-order valence-electron chi connectivity index (χ2n) is 4.18. The van der Waals surface area contributed by atoms with E-state index in [4.69, 9.17) is 9.47 Å². The first-order valence-corrected chi connectivity index (χ1v) is 7.47. The maximum atomic E-state index is 5.41. The number of ether oxygens (including phenoxy) is 2. The van der Waals surface area contributed by atoms with Gasteiger partial charge in [0.25, 0.3) is 0 Å². The molecule has 0 bridgehead atoms. The molecule has 0 saturated carbocycles. The average Bonchev–Trinajstić information content (AvgIpc) is 2.34. The fourth-order valence-electron chi connectivity index (χ4n) is 1.78. The Morgan fingerprint density at radius 1 is 1.25 bits per heavy atom. The van der Waals surface area contributed by atoms with Crippen LogP contribution in [0.1, 0.15) is 25.7 Å². The Kier molecular flexibility index (Phi) is 9.28. The van der Waals surface area contributed by atoms with Gasteiger partial charge in [0.2, 0.25) is 0 Å². The van der Waals surface area contributed by atoms with E-state index in [9.17, 15) is 0 Å². The van der Waals surface area contributed by atoms with Crippen molar-refractivity contribution < 1.29 is 9.47 Å². The van der Waals surface area contributed by atoms with Gasteiger partial charge in [-0.15, -0.1) is 0 Å². The molecule has 96 valence electrons. The van der Waals surface area contributed by atoms with Gasteiger partial charge in [-0.25, -0.2) is 0 Å². The van der Waals surface area contributed by atoms with Gasteiger partial charge in [0.05, 0.1) is 13.2 Å². The SMILES string of the molecule is COCCOCCCCNC1CCCSC1. The van der Waals surface area contributed by atoms with Gasteiger partial charge in [-0.05, 0) is 38.0 Å². The number of nitrogens with one attached hydrogen (secondary N) is 1. The van der Waals surface area contributed by atoms with Crippen molar-refractivity contribution in [3.63, 3.8) is 0 Å². The number of methoxy groups -OCH3 is 1. The Morgan fingerprint density at radius 2 is 2.19 bits per heavy atom. The van der Waals surface area contributed by atoms with E-state index in [2.05, 4.69) is 17.1 Å². The minimum absolute atomic E-state index is 0.706. The molecule has 0 aromatic carbocycles. The number of hydrogen-bond donors (Lipinski definition) is 1. The first-order valence-electron chi connectivity index (χ1n) is 6.31. The summed E-state index contributed by atoms with van der Waals surface area (Å²) in [4.78, 5) is 0. The molecule has 1 unspecified atom stereocenters. The van der Waals surface area contributed by atoms with Crippen LogP contribution in [-0.2, 0) is 9.47 Å². The molecule has 1 N–H and O–H groups in total. The topological polar surface area (TPSA) is 30.5 Å². The first kappa shape index (κ1) is 14.3. The van der Waals surface area contributed by atoms with Gasteiger partial charge in [-0.3, -0.25) is 0 Å². The molecule has 0 aliphatic carbocycles. The van der Waals surface area contributed by atoms with Crippen molar-refractivity contribution in [3.05, 3.63) is 0 Å². The third kappa shape index (κ3) is 7.49. The minimum atomic E-state index is 0.706. The molecule has 1 fully saturated rings. The van der Waals surface area contributed by atoms with Crippen molar-refractivity contribution in [2.75, 3.05) is 45.0 Å². The Bertz CT molecular complexity index is 152. The van der Waals surface area contributed by atoms with Crippen LogP contribution in [0.2, 0.25) is 0 Å². The summed E-state index contributed by atoms with van der Waals surface area (Å²) in [6, 6.07) is 0.758. The molecule has 0 amide bonds. The van der Waals surface area contributed by atoms with Gasteiger partial charge in [-0.2, -0.15) is 11.8 Å². The third-order valence-corrected chi connectivity index (χ3v) is 3.96. The van der Waals surface area contributed by atoms with E-state index in [0.717, 1.165) is 32.2 Å². The standard InChI is InChI=1S/C12H25NO2S/c1-14-8-9-15-7-3-2-6-13-12-5-4-10-16-11-12/h12-13H,2-11H2,1H3. The zero-order valence-corrected chi connectivity index (χ0v) is 11.2. The molecule has 0 aromatic heterocycles. The van der Waals surface area contributed by atoms with Crippen LogP contribution in [0.25, 0.3) is 0 Å². The molecule has 3 nitrogen and oxygen atoms in total. The van der Waals surface area contributed by atoms with E-state index in [1.165, 1.54) is 30.8 Å². The van der Waals surface area contributed by atoms with Gasteiger partial charge in [0.1, 0.15) is 0 Å². The van der Waals surface area contributed by atoms with Gasteiger partial charge in [0.15, 0.2) is 0 Å². The molecular weight excluding hydrogens is 222 g/mol. The summed E-state index contributed by atoms with van der Waals surface area (Å²) in [5, 5.41) is 3.62. The van der Waals surface area contributed by atoms with Crippen LogP contribution >= 0.6 is 11.8 Å². The smallest absolute Gasteiger partial charge is 0.0700 e.